The predicted molar refractivity (Wildman–Crippen MR) is 49.4 cm³/mol. The van der Waals surface area contributed by atoms with Crippen LogP contribution in [0.2, 0.25) is 0 Å². The summed E-state index contributed by atoms with van der Waals surface area (Å²) in [5, 5.41) is 19.0. The average molecular weight is 255 g/mol. The number of alkyl halides is 3. The molecular weight excluding hydrogens is 243 g/mol. The highest BCUT2D eigenvalue weighted by molar-refractivity contribution is 5.73. The zero-order chi connectivity index (χ0) is 13.3. The van der Waals surface area contributed by atoms with Gasteiger partial charge in [-0.05, 0) is 25.8 Å². The number of halogens is 3. The number of hydrogen-bond donors (Lipinski definition) is 3. The standard InChI is InChI=1S/C7H11NO2.C2HF3O2/c9-6(10)5-3-7(4-5)1-2-8-7;3-2(4,5)1(6)7/h5,8H,1-4H2,(H,9,10);(H,6,7). The average Bonchev–Trinajstić information content (AvgIpc) is 1.96. The number of carboxylic acids is 2. The first kappa shape index (κ1) is 13.8. The highest BCUT2D eigenvalue weighted by Gasteiger charge is 2.50. The largest absolute Gasteiger partial charge is 0.490 e. The Morgan fingerprint density at radius 1 is 1.24 bits per heavy atom. The molecule has 2 rings (SSSR count). The normalized spacial score (nSPS) is 30.6. The number of rotatable bonds is 1. The topological polar surface area (TPSA) is 86.6 Å². The molecule has 2 fully saturated rings. The van der Waals surface area contributed by atoms with Crippen LogP contribution in [0.4, 0.5) is 13.2 Å². The molecule has 17 heavy (non-hydrogen) atoms. The minimum atomic E-state index is -5.08. The Morgan fingerprint density at radius 3 is 1.82 bits per heavy atom. The first-order valence-electron chi connectivity index (χ1n) is 4.94. The van der Waals surface area contributed by atoms with Gasteiger partial charge in [-0.15, -0.1) is 0 Å². The van der Waals surface area contributed by atoms with E-state index in [1.54, 1.807) is 0 Å². The lowest BCUT2D eigenvalue weighted by Crippen LogP contribution is -2.65. The highest BCUT2D eigenvalue weighted by Crippen LogP contribution is 2.44. The van der Waals surface area contributed by atoms with Crippen LogP contribution in [0.1, 0.15) is 19.3 Å². The third-order valence-corrected chi connectivity index (χ3v) is 2.97. The smallest absolute Gasteiger partial charge is 0.481 e. The van der Waals surface area contributed by atoms with Crippen molar-refractivity contribution in [1.82, 2.24) is 5.32 Å². The van der Waals surface area contributed by atoms with Gasteiger partial charge in [0.1, 0.15) is 0 Å². The van der Waals surface area contributed by atoms with Crippen molar-refractivity contribution in [3.8, 4) is 0 Å². The van der Waals surface area contributed by atoms with Crippen LogP contribution in [-0.2, 0) is 9.59 Å². The molecule has 0 aromatic carbocycles. The lowest BCUT2D eigenvalue weighted by atomic mass is 9.63. The Labute approximate surface area is 94.6 Å². The molecule has 0 radical (unpaired) electrons. The lowest BCUT2D eigenvalue weighted by molar-refractivity contribution is -0.192. The molecule has 1 heterocycles. The van der Waals surface area contributed by atoms with Crippen molar-refractivity contribution in [1.29, 1.82) is 0 Å². The van der Waals surface area contributed by atoms with Gasteiger partial charge in [0, 0.05) is 5.54 Å². The molecule has 1 saturated heterocycles. The Kier molecular flexibility index (Phi) is 3.65. The number of carbonyl (C=O) groups is 2. The van der Waals surface area contributed by atoms with Gasteiger partial charge in [-0.1, -0.05) is 0 Å². The molecule has 0 aromatic rings. The van der Waals surface area contributed by atoms with E-state index in [4.69, 9.17) is 15.0 Å². The second-order valence-electron chi connectivity index (χ2n) is 4.20. The van der Waals surface area contributed by atoms with Gasteiger partial charge in [-0.25, -0.2) is 4.79 Å². The van der Waals surface area contributed by atoms with Crippen LogP contribution in [0.3, 0.4) is 0 Å². The van der Waals surface area contributed by atoms with Crippen LogP contribution < -0.4 is 5.32 Å². The molecule has 98 valence electrons. The predicted octanol–water partition coefficient (Wildman–Crippen LogP) is 0.846. The van der Waals surface area contributed by atoms with Gasteiger partial charge in [0.2, 0.25) is 0 Å². The van der Waals surface area contributed by atoms with Crippen molar-refractivity contribution in [2.75, 3.05) is 6.54 Å². The van der Waals surface area contributed by atoms with Crippen molar-refractivity contribution < 1.29 is 33.0 Å². The van der Waals surface area contributed by atoms with E-state index in [0.29, 0.717) is 0 Å². The maximum Gasteiger partial charge on any atom is 0.490 e. The maximum absolute atomic E-state index is 10.6. The molecule has 1 aliphatic heterocycles. The summed E-state index contributed by atoms with van der Waals surface area (Å²) in [5.41, 5.74) is 0.267. The summed E-state index contributed by atoms with van der Waals surface area (Å²) in [4.78, 5) is 19.3. The number of aliphatic carboxylic acids is 2. The first-order chi connectivity index (χ1) is 7.66. The minimum absolute atomic E-state index is 0.0622. The summed E-state index contributed by atoms with van der Waals surface area (Å²) in [6.45, 7) is 1.08. The fraction of sp³-hybridized carbons (Fsp3) is 0.778. The van der Waals surface area contributed by atoms with Crippen LogP contribution in [-0.4, -0.2) is 40.4 Å². The van der Waals surface area contributed by atoms with Crippen molar-refractivity contribution in [3.05, 3.63) is 0 Å². The van der Waals surface area contributed by atoms with E-state index in [-0.39, 0.29) is 11.5 Å². The van der Waals surface area contributed by atoms with Gasteiger partial charge in [0.25, 0.3) is 0 Å². The Balaban J connectivity index is 0.000000185. The summed E-state index contributed by atoms with van der Waals surface area (Å²) in [7, 11) is 0. The molecule has 0 atom stereocenters. The van der Waals surface area contributed by atoms with Crippen LogP contribution in [0, 0.1) is 5.92 Å². The molecular formula is C9H12F3NO4. The summed E-state index contributed by atoms with van der Waals surface area (Å²) in [6, 6.07) is 0. The van der Waals surface area contributed by atoms with E-state index in [1.807, 2.05) is 0 Å². The van der Waals surface area contributed by atoms with E-state index in [9.17, 15) is 18.0 Å². The van der Waals surface area contributed by atoms with Crippen molar-refractivity contribution in [3.63, 3.8) is 0 Å². The van der Waals surface area contributed by atoms with E-state index < -0.39 is 18.1 Å². The number of hydrogen-bond acceptors (Lipinski definition) is 3. The van der Waals surface area contributed by atoms with Crippen LogP contribution >= 0.6 is 0 Å². The van der Waals surface area contributed by atoms with Gasteiger partial charge < -0.3 is 15.5 Å². The third-order valence-electron chi connectivity index (χ3n) is 2.97. The summed E-state index contributed by atoms with van der Waals surface area (Å²) in [5.74, 6) is -3.44. The molecule has 0 bridgehead atoms. The summed E-state index contributed by atoms with van der Waals surface area (Å²) < 4.78 is 31.7. The maximum atomic E-state index is 10.6. The highest BCUT2D eigenvalue weighted by atomic mass is 19.4. The van der Waals surface area contributed by atoms with E-state index >= 15 is 0 Å². The summed E-state index contributed by atoms with van der Waals surface area (Å²) >= 11 is 0. The van der Waals surface area contributed by atoms with Gasteiger partial charge in [-0.2, -0.15) is 13.2 Å². The van der Waals surface area contributed by atoms with Crippen molar-refractivity contribution >= 4 is 11.9 Å². The quantitative estimate of drug-likeness (QED) is 0.646. The Bertz CT molecular complexity index is 317. The molecule has 3 N–H and O–H groups in total. The van der Waals surface area contributed by atoms with Gasteiger partial charge in [-0.3, -0.25) is 4.79 Å². The second kappa shape index (κ2) is 4.52. The van der Waals surface area contributed by atoms with E-state index in [0.717, 1.165) is 19.4 Å². The summed E-state index contributed by atoms with van der Waals surface area (Å²) in [6.07, 6.45) is -2.21. The van der Waals surface area contributed by atoms with Gasteiger partial charge >= 0.3 is 18.1 Å². The monoisotopic (exact) mass is 255 g/mol. The van der Waals surface area contributed by atoms with E-state index in [1.165, 1.54) is 6.42 Å². The minimum Gasteiger partial charge on any atom is -0.481 e. The molecule has 0 amide bonds. The fourth-order valence-electron chi connectivity index (χ4n) is 1.89. The Morgan fingerprint density at radius 2 is 1.65 bits per heavy atom. The van der Waals surface area contributed by atoms with Crippen molar-refractivity contribution in [2.45, 2.75) is 31.0 Å². The van der Waals surface area contributed by atoms with E-state index in [2.05, 4.69) is 5.32 Å². The Hall–Kier alpha value is -1.31. The zero-order valence-electron chi connectivity index (χ0n) is 8.75. The molecule has 0 unspecified atom stereocenters. The van der Waals surface area contributed by atoms with Crippen LogP contribution in [0.25, 0.3) is 0 Å². The van der Waals surface area contributed by atoms with Gasteiger partial charge in [0.05, 0.1) is 5.92 Å². The molecule has 1 spiro atoms. The van der Waals surface area contributed by atoms with Gasteiger partial charge in [0.15, 0.2) is 0 Å². The van der Waals surface area contributed by atoms with Crippen LogP contribution in [0.15, 0.2) is 0 Å². The lowest BCUT2D eigenvalue weighted by Gasteiger charge is -2.53. The number of nitrogens with one attached hydrogen (secondary N) is 1. The second-order valence-corrected chi connectivity index (χ2v) is 4.20. The molecule has 8 heteroatoms. The molecule has 0 aromatic heterocycles. The molecule has 2 aliphatic rings. The molecule has 1 aliphatic carbocycles. The SMILES string of the molecule is O=C(O)C(F)(F)F.O=C(O)C1CC2(CCN2)C1. The number of carboxylic acid groups (broad SMARTS) is 2. The molecule has 1 saturated carbocycles. The van der Waals surface area contributed by atoms with Crippen LogP contribution in [0.5, 0.6) is 0 Å². The third kappa shape index (κ3) is 3.32. The van der Waals surface area contributed by atoms with Crippen molar-refractivity contribution in [2.24, 2.45) is 5.92 Å². The zero-order valence-corrected chi connectivity index (χ0v) is 8.75. The molecule has 5 nitrogen and oxygen atoms in total. The fourth-order valence-corrected chi connectivity index (χ4v) is 1.89. The first-order valence-corrected chi connectivity index (χ1v) is 4.94.